The zero-order chi connectivity index (χ0) is 16.9. The molecule has 1 rings (SSSR count). The fourth-order valence-corrected chi connectivity index (χ4v) is 2.12. The van der Waals surface area contributed by atoms with Crippen molar-refractivity contribution >= 4 is 17.9 Å². The highest BCUT2D eigenvalue weighted by Crippen LogP contribution is 2.29. The van der Waals surface area contributed by atoms with Crippen molar-refractivity contribution in [2.75, 3.05) is 13.7 Å². The first-order valence-electron chi connectivity index (χ1n) is 6.56. The van der Waals surface area contributed by atoms with Crippen LogP contribution >= 0.6 is 0 Å². The van der Waals surface area contributed by atoms with E-state index in [1.165, 1.54) is 14.0 Å². The molecule has 0 saturated carbocycles. The lowest BCUT2D eigenvalue weighted by molar-refractivity contribution is -0.277. The van der Waals surface area contributed by atoms with Crippen LogP contribution in [0.1, 0.15) is 20.8 Å². The molecule has 0 spiro atoms. The predicted octanol–water partition coefficient (Wildman–Crippen LogP) is 0.122. The zero-order valence-corrected chi connectivity index (χ0v) is 12.7. The number of hydrogen-bond acceptors (Lipinski definition) is 8. The molecule has 0 aromatic heterocycles. The molecule has 0 aromatic rings. The van der Waals surface area contributed by atoms with Crippen molar-refractivity contribution in [3.05, 3.63) is 0 Å². The molecular formula is C13H19FO8. The molecule has 1 aliphatic rings. The number of alkyl halides is 1. The van der Waals surface area contributed by atoms with Crippen LogP contribution in [0.25, 0.3) is 0 Å². The molecule has 0 radical (unpaired) electrons. The minimum Gasteiger partial charge on any atom is -0.463 e. The Bertz CT molecular complexity index is 426. The Hall–Kier alpha value is -1.74. The maximum absolute atomic E-state index is 14.1. The maximum atomic E-state index is 14.1. The largest absolute Gasteiger partial charge is 0.463 e. The second-order valence-corrected chi connectivity index (χ2v) is 4.68. The van der Waals surface area contributed by atoms with E-state index < -0.39 is 48.7 Å². The van der Waals surface area contributed by atoms with E-state index in [1.54, 1.807) is 0 Å². The average molecular weight is 322 g/mol. The normalized spacial score (nSPS) is 31.2. The van der Waals surface area contributed by atoms with Crippen LogP contribution in [-0.4, -0.2) is 62.4 Å². The smallest absolute Gasteiger partial charge is 0.303 e. The molecule has 1 fully saturated rings. The first kappa shape index (κ1) is 18.3. The van der Waals surface area contributed by atoms with Gasteiger partial charge in [0.05, 0.1) is 0 Å². The number of halogens is 1. The molecule has 1 aliphatic heterocycles. The van der Waals surface area contributed by atoms with E-state index in [4.69, 9.17) is 23.7 Å². The van der Waals surface area contributed by atoms with Crippen molar-refractivity contribution in [3.63, 3.8) is 0 Å². The van der Waals surface area contributed by atoms with E-state index in [0.717, 1.165) is 13.8 Å². The third kappa shape index (κ3) is 4.92. The average Bonchev–Trinajstić information content (AvgIpc) is 2.39. The van der Waals surface area contributed by atoms with E-state index in [0.29, 0.717) is 0 Å². The highest BCUT2D eigenvalue weighted by atomic mass is 19.1. The molecule has 126 valence electrons. The molecule has 1 heterocycles. The fourth-order valence-electron chi connectivity index (χ4n) is 2.12. The Morgan fingerprint density at radius 1 is 0.955 bits per heavy atom. The van der Waals surface area contributed by atoms with Crippen molar-refractivity contribution in [1.29, 1.82) is 0 Å². The lowest BCUT2D eigenvalue weighted by Gasteiger charge is -2.41. The molecule has 0 aliphatic carbocycles. The monoisotopic (exact) mass is 322 g/mol. The molecule has 0 amide bonds. The number of esters is 3. The maximum Gasteiger partial charge on any atom is 0.303 e. The number of carbonyl (C=O) groups is 3. The molecule has 5 atom stereocenters. The summed E-state index contributed by atoms with van der Waals surface area (Å²) < 4.78 is 38.9. The van der Waals surface area contributed by atoms with Gasteiger partial charge in [-0.05, 0) is 0 Å². The van der Waals surface area contributed by atoms with E-state index in [-0.39, 0.29) is 6.61 Å². The van der Waals surface area contributed by atoms with Crippen LogP contribution in [0, 0.1) is 0 Å². The number of carbonyl (C=O) groups excluding carboxylic acids is 3. The Morgan fingerprint density at radius 2 is 1.50 bits per heavy atom. The quantitative estimate of drug-likeness (QED) is 0.520. The minimum absolute atomic E-state index is 0.333. The van der Waals surface area contributed by atoms with Gasteiger partial charge in [-0.25, -0.2) is 4.39 Å². The van der Waals surface area contributed by atoms with Gasteiger partial charge in [0.15, 0.2) is 12.2 Å². The summed E-state index contributed by atoms with van der Waals surface area (Å²) in [5.74, 6) is -2.00. The molecule has 1 saturated heterocycles. The standard InChI is InChI=1S/C13H19FO8/c1-6(15)19-5-9-10(20-7(2)16)11(18-4)12(13(14)22-9)21-8(3)17/h9-13H,5H2,1-4H3/t9-,10+,11-,12+,13?/m0/s1. The van der Waals surface area contributed by atoms with Crippen molar-refractivity contribution in [2.45, 2.75) is 51.5 Å². The molecule has 22 heavy (non-hydrogen) atoms. The van der Waals surface area contributed by atoms with Gasteiger partial charge in [-0.15, -0.1) is 0 Å². The third-order valence-corrected chi connectivity index (χ3v) is 2.90. The topological polar surface area (TPSA) is 97.4 Å². The van der Waals surface area contributed by atoms with Crippen molar-refractivity contribution < 1.29 is 42.5 Å². The van der Waals surface area contributed by atoms with Gasteiger partial charge >= 0.3 is 17.9 Å². The highest BCUT2D eigenvalue weighted by Gasteiger charge is 2.50. The number of rotatable bonds is 5. The van der Waals surface area contributed by atoms with Crippen LogP contribution in [-0.2, 0) is 38.1 Å². The summed E-state index contributed by atoms with van der Waals surface area (Å²) in [7, 11) is 1.25. The summed E-state index contributed by atoms with van der Waals surface area (Å²) in [5, 5.41) is 0. The molecule has 1 unspecified atom stereocenters. The minimum atomic E-state index is -2.01. The van der Waals surface area contributed by atoms with Crippen LogP contribution < -0.4 is 0 Å². The van der Waals surface area contributed by atoms with Gasteiger partial charge in [0.2, 0.25) is 6.36 Å². The highest BCUT2D eigenvalue weighted by molar-refractivity contribution is 5.67. The van der Waals surface area contributed by atoms with Gasteiger partial charge in [0, 0.05) is 27.9 Å². The van der Waals surface area contributed by atoms with Crippen LogP contribution in [0.15, 0.2) is 0 Å². The van der Waals surface area contributed by atoms with Crippen LogP contribution in [0.3, 0.4) is 0 Å². The lowest BCUT2D eigenvalue weighted by atomic mass is 9.99. The molecule has 0 aromatic carbocycles. The van der Waals surface area contributed by atoms with Gasteiger partial charge in [-0.2, -0.15) is 0 Å². The Balaban J connectivity index is 2.96. The Labute approximate surface area is 126 Å². The summed E-state index contributed by atoms with van der Waals surface area (Å²) in [6.07, 6.45) is -6.70. The second kappa shape index (κ2) is 8.04. The van der Waals surface area contributed by atoms with Gasteiger partial charge in [0.1, 0.15) is 18.8 Å². The zero-order valence-electron chi connectivity index (χ0n) is 12.7. The summed E-state index contributed by atoms with van der Waals surface area (Å²) in [4.78, 5) is 33.2. The van der Waals surface area contributed by atoms with E-state index in [2.05, 4.69) is 0 Å². The number of hydrogen-bond donors (Lipinski definition) is 0. The van der Waals surface area contributed by atoms with Crippen LogP contribution in [0.4, 0.5) is 4.39 Å². The van der Waals surface area contributed by atoms with Crippen molar-refractivity contribution in [3.8, 4) is 0 Å². The van der Waals surface area contributed by atoms with E-state index >= 15 is 0 Å². The first-order chi connectivity index (χ1) is 10.3. The SMILES string of the molecule is CO[C@H]1[C@H](OC(C)=O)[C@H](COC(C)=O)OC(F)[C@@H]1OC(C)=O. The molecule has 0 N–H and O–H groups in total. The van der Waals surface area contributed by atoms with Gasteiger partial charge in [-0.1, -0.05) is 0 Å². The lowest BCUT2D eigenvalue weighted by Crippen LogP contribution is -2.60. The molecule has 0 bridgehead atoms. The van der Waals surface area contributed by atoms with Crippen LogP contribution in [0.5, 0.6) is 0 Å². The van der Waals surface area contributed by atoms with Gasteiger partial charge in [-0.3, -0.25) is 14.4 Å². The third-order valence-electron chi connectivity index (χ3n) is 2.90. The number of methoxy groups -OCH3 is 1. The van der Waals surface area contributed by atoms with Crippen LogP contribution in [0.2, 0.25) is 0 Å². The molecule has 9 heteroatoms. The first-order valence-corrected chi connectivity index (χ1v) is 6.56. The summed E-state index contributed by atoms with van der Waals surface area (Å²) in [6, 6.07) is 0. The van der Waals surface area contributed by atoms with Crippen molar-refractivity contribution in [2.24, 2.45) is 0 Å². The molecule has 8 nitrogen and oxygen atoms in total. The fraction of sp³-hybridized carbons (Fsp3) is 0.769. The predicted molar refractivity (Wildman–Crippen MR) is 68.3 cm³/mol. The summed E-state index contributed by atoms with van der Waals surface area (Å²) in [5.41, 5.74) is 0. The molecular weight excluding hydrogens is 303 g/mol. The van der Waals surface area contributed by atoms with E-state index in [9.17, 15) is 18.8 Å². The Morgan fingerprint density at radius 3 is 1.95 bits per heavy atom. The van der Waals surface area contributed by atoms with Crippen molar-refractivity contribution in [1.82, 2.24) is 0 Å². The summed E-state index contributed by atoms with van der Waals surface area (Å²) >= 11 is 0. The second-order valence-electron chi connectivity index (χ2n) is 4.68. The van der Waals surface area contributed by atoms with E-state index in [1.807, 2.05) is 0 Å². The van der Waals surface area contributed by atoms with Gasteiger partial charge < -0.3 is 23.7 Å². The summed E-state index contributed by atoms with van der Waals surface area (Å²) in [6.45, 7) is 3.09. The van der Waals surface area contributed by atoms with Gasteiger partial charge in [0.25, 0.3) is 0 Å². The number of ether oxygens (including phenoxy) is 5. The Kier molecular flexibility index (Phi) is 6.69.